The van der Waals surface area contributed by atoms with Gasteiger partial charge in [-0.25, -0.2) is 0 Å². The SMILES string of the molecule is CC1=C(I)C(=O)[C@]2(C)CC(=O)CC[C@@H]2C1=O. The van der Waals surface area contributed by atoms with Crippen molar-refractivity contribution in [2.45, 2.75) is 33.1 Å². The first-order valence-corrected chi connectivity index (χ1v) is 6.43. The van der Waals surface area contributed by atoms with E-state index in [2.05, 4.69) is 0 Å². The van der Waals surface area contributed by atoms with Crippen molar-refractivity contribution in [3.63, 3.8) is 0 Å². The van der Waals surface area contributed by atoms with Gasteiger partial charge < -0.3 is 0 Å². The fraction of sp³-hybridized carbons (Fsp3) is 0.583. The molecule has 0 bridgehead atoms. The highest BCUT2D eigenvalue weighted by Crippen LogP contribution is 2.48. The molecule has 0 aromatic rings. The number of carbonyl (C=O) groups excluding carboxylic acids is 3. The Kier molecular flexibility index (Phi) is 2.80. The Morgan fingerprint density at radius 2 is 1.94 bits per heavy atom. The largest absolute Gasteiger partial charge is 0.300 e. The van der Waals surface area contributed by atoms with Crippen LogP contribution in [0.3, 0.4) is 0 Å². The number of hydrogen-bond acceptors (Lipinski definition) is 3. The highest BCUT2D eigenvalue weighted by Gasteiger charge is 2.52. The van der Waals surface area contributed by atoms with Gasteiger partial charge in [-0.3, -0.25) is 14.4 Å². The number of rotatable bonds is 0. The van der Waals surface area contributed by atoms with E-state index in [1.54, 1.807) is 13.8 Å². The zero-order valence-corrected chi connectivity index (χ0v) is 11.5. The summed E-state index contributed by atoms with van der Waals surface area (Å²) < 4.78 is 0.510. The predicted octanol–water partition coefficient (Wildman–Crippen LogP) is 2.22. The summed E-state index contributed by atoms with van der Waals surface area (Å²) in [5.41, 5.74) is -0.204. The Labute approximate surface area is 108 Å². The van der Waals surface area contributed by atoms with Crippen LogP contribution in [0.25, 0.3) is 0 Å². The molecule has 0 radical (unpaired) electrons. The van der Waals surface area contributed by atoms with Gasteiger partial charge in [-0.05, 0) is 35.9 Å². The van der Waals surface area contributed by atoms with Crippen LogP contribution >= 0.6 is 22.6 Å². The van der Waals surface area contributed by atoms with Crippen LogP contribution < -0.4 is 0 Å². The third-order valence-corrected chi connectivity index (χ3v) is 5.08. The minimum absolute atomic E-state index is 0.0248. The van der Waals surface area contributed by atoms with E-state index in [1.807, 2.05) is 22.6 Å². The molecule has 2 aliphatic carbocycles. The van der Waals surface area contributed by atoms with Crippen molar-refractivity contribution in [3.8, 4) is 0 Å². The summed E-state index contributed by atoms with van der Waals surface area (Å²) in [6.07, 6.45) is 1.19. The molecule has 1 saturated carbocycles. The number of Topliss-reactive ketones (excluding diaryl/α,β-unsaturated/α-hetero) is 3. The van der Waals surface area contributed by atoms with Crippen LogP contribution in [0.2, 0.25) is 0 Å². The van der Waals surface area contributed by atoms with Crippen molar-refractivity contribution >= 4 is 39.9 Å². The number of ketones is 3. The van der Waals surface area contributed by atoms with Crippen LogP contribution in [0.4, 0.5) is 0 Å². The van der Waals surface area contributed by atoms with Crippen LogP contribution in [0.15, 0.2) is 9.15 Å². The van der Waals surface area contributed by atoms with Crippen molar-refractivity contribution in [2.24, 2.45) is 11.3 Å². The molecular formula is C12H13IO3. The minimum Gasteiger partial charge on any atom is -0.300 e. The Bertz CT molecular complexity index is 436. The second-order valence-corrected chi connectivity index (χ2v) is 5.94. The minimum atomic E-state index is -0.775. The first-order valence-electron chi connectivity index (χ1n) is 5.35. The lowest BCUT2D eigenvalue weighted by Crippen LogP contribution is -2.48. The quantitative estimate of drug-likeness (QED) is 0.639. The number of halogens is 1. The van der Waals surface area contributed by atoms with Gasteiger partial charge in [-0.15, -0.1) is 0 Å². The third-order valence-electron chi connectivity index (χ3n) is 3.78. The summed E-state index contributed by atoms with van der Waals surface area (Å²) in [5, 5.41) is 0. The fourth-order valence-electron chi connectivity index (χ4n) is 2.69. The third kappa shape index (κ3) is 1.49. The molecule has 4 heteroatoms. The molecule has 0 spiro atoms. The molecule has 0 aromatic heterocycles. The number of fused-ring (bicyclic) bond motifs is 1. The molecule has 2 aliphatic rings. The highest BCUT2D eigenvalue weighted by atomic mass is 127. The van der Waals surface area contributed by atoms with Crippen molar-refractivity contribution < 1.29 is 14.4 Å². The zero-order valence-electron chi connectivity index (χ0n) is 9.30. The maximum Gasteiger partial charge on any atom is 0.176 e. The van der Waals surface area contributed by atoms with Crippen molar-refractivity contribution in [3.05, 3.63) is 9.15 Å². The predicted molar refractivity (Wildman–Crippen MR) is 67.2 cm³/mol. The normalized spacial score (nSPS) is 35.4. The summed E-state index contributed by atoms with van der Waals surface area (Å²) in [6.45, 7) is 3.47. The Balaban J connectivity index is 2.53. The van der Waals surface area contributed by atoms with Crippen LogP contribution in [0.1, 0.15) is 33.1 Å². The van der Waals surface area contributed by atoms with Gasteiger partial charge in [0.25, 0.3) is 0 Å². The van der Waals surface area contributed by atoms with Gasteiger partial charge in [-0.1, -0.05) is 6.92 Å². The van der Waals surface area contributed by atoms with Crippen LogP contribution in [0, 0.1) is 11.3 Å². The van der Waals surface area contributed by atoms with Gasteiger partial charge in [0.15, 0.2) is 11.6 Å². The van der Waals surface area contributed by atoms with E-state index in [0.717, 1.165) is 0 Å². The molecule has 0 amide bonds. The topological polar surface area (TPSA) is 51.2 Å². The van der Waals surface area contributed by atoms with E-state index in [9.17, 15) is 14.4 Å². The molecular weight excluding hydrogens is 319 g/mol. The van der Waals surface area contributed by atoms with Crippen LogP contribution in [-0.4, -0.2) is 17.3 Å². The maximum atomic E-state index is 12.2. The lowest BCUT2D eigenvalue weighted by molar-refractivity contribution is -0.143. The Morgan fingerprint density at radius 3 is 2.56 bits per heavy atom. The second kappa shape index (κ2) is 3.75. The standard InChI is InChI=1S/C12H13IO3/c1-6-9(13)11(16)12(2)5-7(14)3-4-8(12)10(6)15/h8H,3-5H2,1-2H3/t8-,12-/m1/s1. The average Bonchev–Trinajstić information content (AvgIpc) is 2.23. The number of carbonyl (C=O) groups is 3. The molecule has 0 aromatic carbocycles. The van der Waals surface area contributed by atoms with Gasteiger partial charge >= 0.3 is 0 Å². The van der Waals surface area contributed by atoms with E-state index >= 15 is 0 Å². The zero-order chi connectivity index (χ0) is 12.1. The molecule has 86 valence electrons. The summed E-state index contributed by atoms with van der Waals surface area (Å²) >= 11 is 1.93. The molecule has 3 nitrogen and oxygen atoms in total. The summed E-state index contributed by atoms with van der Waals surface area (Å²) in [6, 6.07) is 0. The lowest BCUT2D eigenvalue weighted by Gasteiger charge is -2.41. The van der Waals surface area contributed by atoms with Crippen LogP contribution in [0.5, 0.6) is 0 Å². The Hall–Kier alpha value is -0.520. The Morgan fingerprint density at radius 1 is 1.31 bits per heavy atom. The second-order valence-electron chi connectivity index (χ2n) is 4.86. The van der Waals surface area contributed by atoms with Crippen molar-refractivity contribution in [1.29, 1.82) is 0 Å². The number of hydrogen-bond donors (Lipinski definition) is 0. The van der Waals surface area contributed by atoms with Gasteiger partial charge in [0.05, 0.1) is 3.58 Å². The molecule has 0 saturated heterocycles. The van der Waals surface area contributed by atoms with E-state index < -0.39 is 5.41 Å². The first kappa shape index (κ1) is 12.0. The molecule has 0 heterocycles. The van der Waals surface area contributed by atoms with E-state index in [1.165, 1.54) is 0 Å². The molecule has 0 aliphatic heterocycles. The van der Waals surface area contributed by atoms with Gasteiger partial charge in [0, 0.05) is 29.7 Å². The molecule has 16 heavy (non-hydrogen) atoms. The van der Waals surface area contributed by atoms with Gasteiger partial charge in [0.1, 0.15) is 5.78 Å². The van der Waals surface area contributed by atoms with Crippen molar-refractivity contribution in [2.75, 3.05) is 0 Å². The smallest absolute Gasteiger partial charge is 0.176 e. The molecule has 0 N–H and O–H groups in total. The average molecular weight is 332 g/mol. The summed E-state index contributed by atoms with van der Waals surface area (Å²) in [7, 11) is 0. The highest BCUT2D eigenvalue weighted by molar-refractivity contribution is 14.1. The van der Waals surface area contributed by atoms with Crippen molar-refractivity contribution in [1.82, 2.24) is 0 Å². The van der Waals surface area contributed by atoms with E-state index in [0.29, 0.717) is 22.0 Å². The molecule has 2 atom stereocenters. The number of allylic oxidation sites excluding steroid dienone is 2. The lowest BCUT2D eigenvalue weighted by atomic mass is 9.60. The van der Waals surface area contributed by atoms with Gasteiger partial charge in [-0.2, -0.15) is 0 Å². The monoisotopic (exact) mass is 332 g/mol. The van der Waals surface area contributed by atoms with Gasteiger partial charge in [0.2, 0.25) is 0 Å². The fourth-order valence-corrected chi connectivity index (χ4v) is 3.58. The van der Waals surface area contributed by atoms with E-state index in [-0.39, 0.29) is 29.7 Å². The maximum absolute atomic E-state index is 12.2. The summed E-state index contributed by atoms with van der Waals surface area (Å²) in [5.74, 6) is -0.151. The summed E-state index contributed by atoms with van der Waals surface area (Å²) in [4.78, 5) is 35.8. The molecule has 1 fully saturated rings. The molecule has 2 rings (SSSR count). The first-order chi connectivity index (χ1) is 7.38. The van der Waals surface area contributed by atoms with Crippen LogP contribution in [-0.2, 0) is 14.4 Å². The van der Waals surface area contributed by atoms with E-state index in [4.69, 9.17) is 0 Å². The molecule has 0 unspecified atom stereocenters.